The molecule has 3 nitrogen and oxygen atoms in total. The second-order valence-electron chi connectivity index (χ2n) is 5.99. The Bertz CT molecular complexity index is 412. The number of likely N-dealkylation sites (tertiary alicyclic amines) is 1. The quantitative estimate of drug-likeness (QED) is 0.874. The lowest BCUT2D eigenvalue weighted by molar-refractivity contribution is 0.154. The van der Waals surface area contributed by atoms with E-state index in [1.165, 1.54) is 24.9 Å². The highest BCUT2D eigenvalue weighted by Crippen LogP contribution is 2.22. The van der Waals surface area contributed by atoms with Gasteiger partial charge in [0.15, 0.2) is 0 Å². The second kappa shape index (κ2) is 9.29. The minimum Gasteiger partial charge on any atom is -0.494 e. The maximum atomic E-state index is 6.06. The smallest absolute Gasteiger partial charge is 0.119 e. The van der Waals surface area contributed by atoms with E-state index >= 15 is 0 Å². The summed E-state index contributed by atoms with van der Waals surface area (Å²) in [5.41, 5.74) is 7.39. The molecule has 1 aliphatic heterocycles. The number of nitrogens with two attached hydrogens (primary N) is 1. The van der Waals surface area contributed by atoms with Crippen LogP contribution < -0.4 is 10.5 Å². The van der Waals surface area contributed by atoms with Gasteiger partial charge >= 0.3 is 0 Å². The van der Waals surface area contributed by atoms with Crippen molar-refractivity contribution in [3.05, 3.63) is 29.8 Å². The van der Waals surface area contributed by atoms with Crippen LogP contribution in [0.2, 0.25) is 0 Å². The van der Waals surface area contributed by atoms with Crippen molar-refractivity contribution in [2.24, 2.45) is 11.7 Å². The molecule has 1 aliphatic rings. The van der Waals surface area contributed by atoms with Crippen LogP contribution in [0, 0.1) is 5.92 Å². The van der Waals surface area contributed by atoms with Crippen molar-refractivity contribution >= 4 is 12.4 Å². The summed E-state index contributed by atoms with van der Waals surface area (Å²) in [7, 11) is 0. The van der Waals surface area contributed by atoms with Crippen molar-refractivity contribution in [1.29, 1.82) is 0 Å². The third-order valence-electron chi connectivity index (χ3n) is 4.06. The van der Waals surface area contributed by atoms with Gasteiger partial charge < -0.3 is 10.5 Å². The predicted octanol–water partition coefficient (Wildman–Crippen LogP) is 3.46. The molecule has 2 atom stereocenters. The minimum absolute atomic E-state index is 0. The van der Waals surface area contributed by atoms with Crippen LogP contribution in [0.15, 0.2) is 24.3 Å². The highest BCUT2D eigenvalue weighted by atomic mass is 35.5. The molecule has 2 rings (SSSR count). The van der Waals surface area contributed by atoms with Crippen molar-refractivity contribution in [1.82, 2.24) is 4.90 Å². The van der Waals surface area contributed by atoms with E-state index in [0.717, 1.165) is 31.9 Å². The molecule has 0 saturated carbocycles. The number of hydrogen-bond donors (Lipinski definition) is 1. The zero-order valence-electron chi connectivity index (χ0n) is 13.3. The van der Waals surface area contributed by atoms with E-state index in [9.17, 15) is 0 Å². The lowest BCUT2D eigenvalue weighted by atomic mass is 9.92. The molecule has 0 amide bonds. The van der Waals surface area contributed by atoms with E-state index in [1.807, 2.05) is 6.07 Å². The first-order chi connectivity index (χ1) is 9.69. The number of nitrogens with zero attached hydrogens (tertiary/aromatic N) is 1. The average Bonchev–Trinajstić information content (AvgIpc) is 2.46. The summed E-state index contributed by atoms with van der Waals surface area (Å²) in [6, 6.07) is 8.80. The van der Waals surface area contributed by atoms with Gasteiger partial charge in [-0.25, -0.2) is 0 Å². The third-order valence-corrected chi connectivity index (χ3v) is 4.06. The molecule has 1 aromatic rings. The number of piperidine rings is 1. The van der Waals surface area contributed by atoms with E-state index in [-0.39, 0.29) is 12.4 Å². The van der Waals surface area contributed by atoms with Crippen LogP contribution in [-0.4, -0.2) is 30.6 Å². The van der Waals surface area contributed by atoms with Gasteiger partial charge in [0.25, 0.3) is 0 Å². The summed E-state index contributed by atoms with van der Waals surface area (Å²) in [5, 5.41) is 0. The largest absolute Gasteiger partial charge is 0.494 e. The maximum Gasteiger partial charge on any atom is 0.119 e. The summed E-state index contributed by atoms with van der Waals surface area (Å²) in [6.07, 6.45) is 3.58. The SMILES string of the molecule is CCCOc1cccc(CN2CCCC(C(C)N)C2)c1.Cl. The van der Waals surface area contributed by atoms with Gasteiger partial charge in [0, 0.05) is 19.1 Å². The van der Waals surface area contributed by atoms with Crippen LogP contribution in [0.25, 0.3) is 0 Å². The average molecular weight is 313 g/mol. The fourth-order valence-electron chi connectivity index (χ4n) is 2.88. The van der Waals surface area contributed by atoms with E-state index < -0.39 is 0 Å². The van der Waals surface area contributed by atoms with Crippen LogP contribution in [0.1, 0.15) is 38.7 Å². The van der Waals surface area contributed by atoms with Crippen molar-refractivity contribution in [3.63, 3.8) is 0 Å². The molecule has 1 heterocycles. The Morgan fingerprint density at radius 1 is 1.43 bits per heavy atom. The van der Waals surface area contributed by atoms with Gasteiger partial charge in [-0.2, -0.15) is 0 Å². The van der Waals surface area contributed by atoms with Crippen LogP contribution in [0.4, 0.5) is 0 Å². The maximum absolute atomic E-state index is 6.06. The summed E-state index contributed by atoms with van der Waals surface area (Å²) in [4.78, 5) is 2.52. The summed E-state index contributed by atoms with van der Waals surface area (Å²) in [6.45, 7) is 8.37. The number of rotatable bonds is 6. The van der Waals surface area contributed by atoms with Gasteiger partial charge in [-0.05, 0) is 56.3 Å². The lowest BCUT2D eigenvalue weighted by Gasteiger charge is -2.34. The van der Waals surface area contributed by atoms with Crippen LogP contribution in [0.3, 0.4) is 0 Å². The minimum atomic E-state index is 0. The molecule has 120 valence electrons. The van der Waals surface area contributed by atoms with E-state index in [0.29, 0.717) is 12.0 Å². The van der Waals surface area contributed by atoms with Gasteiger partial charge in [0.05, 0.1) is 6.61 Å². The zero-order valence-corrected chi connectivity index (χ0v) is 14.1. The first kappa shape index (κ1) is 18.3. The third kappa shape index (κ3) is 5.85. The molecule has 4 heteroatoms. The Morgan fingerprint density at radius 2 is 2.24 bits per heavy atom. The van der Waals surface area contributed by atoms with E-state index in [4.69, 9.17) is 10.5 Å². The molecule has 21 heavy (non-hydrogen) atoms. The Labute approximate surface area is 135 Å². The van der Waals surface area contributed by atoms with Crippen LogP contribution in [0.5, 0.6) is 5.75 Å². The van der Waals surface area contributed by atoms with Gasteiger partial charge in [0.2, 0.25) is 0 Å². The first-order valence-corrected chi connectivity index (χ1v) is 7.88. The Kier molecular flexibility index (Phi) is 8.09. The van der Waals surface area contributed by atoms with Gasteiger partial charge in [-0.1, -0.05) is 19.1 Å². The molecule has 0 aromatic heterocycles. The van der Waals surface area contributed by atoms with Crippen molar-refractivity contribution in [2.45, 2.75) is 45.7 Å². The van der Waals surface area contributed by atoms with Crippen molar-refractivity contribution < 1.29 is 4.74 Å². The monoisotopic (exact) mass is 312 g/mol. The van der Waals surface area contributed by atoms with E-state index in [2.05, 4.69) is 36.9 Å². The van der Waals surface area contributed by atoms with Crippen LogP contribution >= 0.6 is 12.4 Å². The van der Waals surface area contributed by atoms with Gasteiger partial charge in [-0.3, -0.25) is 4.90 Å². The Hall–Kier alpha value is -0.770. The van der Waals surface area contributed by atoms with E-state index in [1.54, 1.807) is 0 Å². The zero-order chi connectivity index (χ0) is 14.4. The van der Waals surface area contributed by atoms with Gasteiger partial charge in [-0.15, -0.1) is 12.4 Å². The number of benzene rings is 1. The molecule has 1 saturated heterocycles. The number of hydrogen-bond acceptors (Lipinski definition) is 3. The number of halogens is 1. The molecule has 2 unspecified atom stereocenters. The molecule has 1 fully saturated rings. The second-order valence-corrected chi connectivity index (χ2v) is 5.99. The normalized spacial score (nSPS) is 20.6. The van der Waals surface area contributed by atoms with Gasteiger partial charge in [0.1, 0.15) is 5.75 Å². The van der Waals surface area contributed by atoms with Crippen molar-refractivity contribution in [3.8, 4) is 5.75 Å². The molecule has 0 aliphatic carbocycles. The standard InChI is InChI=1S/C17H28N2O.ClH/c1-3-10-20-17-8-4-6-15(11-17)12-19-9-5-7-16(13-19)14(2)18;/h4,6,8,11,14,16H,3,5,7,9-10,12-13,18H2,1-2H3;1H. The summed E-state index contributed by atoms with van der Waals surface area (Å²) in [5.74, 6) is 1.63. The first-order valence-electron chi connectivity index (χ1n) is 7.88. The van der Waals surface area contributed by atoms with Crippen LogP contribution in [-0.2, 0) is 6.54 Å². The predicted molar refractivity (Wildman–Crippen MR) is 91.1 cm³/mol. The molecule has 0 bridgehead atoms. The Balaban J connectivity index is 0.00000220. The topological polar surface area (TPSA) is 38.5 Å². The fraction of sp³-hybridized carbons (Fsp3) is 0.647. The Morgan fingerprint density at radius 3 is 2.95 bits per heavy atom. The molecular formula is C17H29ClN2O. The highest BCUT2D eigenvalue weighted by Gasteiger charge is 2.22. The lowest BCUT2D eigenvalue weighted by Crippen LogP contribution is -2.41. The number of ether oxygens (including phenoxy) is 1. The molecule has 1 aromatic carbocycles. The molecule has 2 N–H and O–H groups in total. The molecule has 0 spiro atoms. The van der Waals surface area contributed by atoms with Crippen molar-refractivity contribution in [2.75, 3.05) is 19.7 Å². The summed E-state index contributed by atoms with van der Waals surface area (Å²) >= 11 is 0. The highest BCUT2D eigenvalue weighted by molar-refractivity contribution is 5.85. The molecular weight excluding hydrogens is 284 g/mol. The molecule has 0 radical (unpaired) electrons. The summed E-state index contributed by atoms with van der Waals surface area (Å²) < 4.78 is 5.71. The fourth-order valence-corrected chi connectivity index (χ4v) is 2.88.